The third kappa shape index (κ3) is 4.50. The SMILES string of the molecule is Cc1ccc(-c2nnc(-c3ccc(-n4c5ccc(-c6ccccc6)cc5c5cc(-c6ccccc6)ccc54)cc3)o2)cc1. The molecule has 4 nitrogen and oxygen atoms in total. The van der Waals surface area contributed by atoms with Gasteiger partial charge < -0.3 is 8.98 Å². The van der Waals surface area contributed by atoms with Crippen LogP contribution >= 0.6 is 0 Å². The van der Waals surface area contributed by atoms with Gasteiger partial charge in [-0.15, -0.1) is 10.2 Å². The van der Waals surface area contributed by atoms with Crippen LogP contribution in [0.2, 0.25) is 0 Å². The highest BCUT2D eigenvalue weighted by molar-refractivity contribution is 6.11. The molecule has 2 heterocycles. The van der Waals surface area contributed by atoms with Gasteiger partial charge in [-0.3, -0.25) is 0 Å². The number of nitrogens with zero attached hydrogens (tertiary/aromatic N) is 3. The van der Waals surface area contributed by atoms with Crippen LogP contribution in [0.5, 0.6) is 0 Å². The molecule has 43 heavy (non-hydrogen) atoms. The van der Waals surface area contributed by atoms with Crippen molar-refractivity contribution in [2.24, 2.45) is 0 Å². The first-order valence-corrected chi connectivity index (χ1v) is 14.4. The van der Waals surface area contributed by atoms with E-state index >= 15 is 0 Å². The van der Waals surface area contributed by atoms with E-state index in [-0.39, 0.29) is 0 Å². The normalized spacial score (nSPS) is 11.4. The van der Waals surface area contributed by atoms with Gasteiger partial charge in [0.1, 0.15) is 0 Å². The zero-order valence-corrected chi connectivity index (χ0v) is 23.6. The minimum atomic E-state index is 0.504. The van der Waals surface area contributed by atoms with Crippen LogP contribution in [-0.4, -0.2) is 14.8 Å². The third-order valence-electron chi connectivity index (χ3n) is 8.08. The van der Waals surface area contributed by atoms with Crippen molar-refractivity contribution in [1.29, 1.82) is 0 Å². The molecule has 8 rings (SSSR count). The van der Waals surface area contributed by atoms with E-state index in [4.69, 9.17) is 4.42 Å². The molecule has 0 atom stereocenters. The van der Waals surface area contributed by atoms with Gasteiger partial charge in [0.25, 0.3) is 0 Å². The Morgan fingerprint density at radius 3 is 1.37 bits per heavy atom. The van der Waals surface area contributed by atoms with Gasteiger partial charge >= 0.3 is 0 Å². The second kappa shape index (κ2) is 10.3. The van der Waals surface area contributed by atoms with Crippen molar-refractivity contribution in [2.75, 3.05) is 0 Å². The monoisotopic (exact) mass is 553 g/mol. The Balaban J connectivity index is 1.24. The quantitative estimate of drug-likeness (QED) is 0.213. The van der Waals surface area contributed by atoms with E-state index in [0.717, 1.165) is 27.8 Å². The summed E-state index contributed by atoms with van der Waals surface area (Å²) in [4.78, 5) is 0. The van der Waals surface area contributed by atoms with Gasteiger partial charge in [-0.05, 0) is 89.8 Å². The fourth-order valence-corrected chi connectivity index (χ4v) is 5.83. The predicted octanol–water partition coefficient (Wildman–Crippen LogP) is 10.1. The van der Waals surface area contributed by atoms with E-state index in [1.54, 1.807) is 0 Å². The van der Waals surface area contributed by atoms with Gasteiger partial charge in [0.05, 0.1) is 11.0 Å². The van der Waals surface area contributed by atoms with Crippen LogP contribution < -0.4 is 0 Å². The number of rotatable bonds is 5. The Morgan fingerprint density at radius 2 is 0.884 bits per heavy atom. The summed E-state index contributed by atoms with van der Waals surface area (Å²) in [5.74, 6) is 1.02. The summed E-state index contributed by atoms with van der Waals surface area (Å²) in [5, 5.41) is 11.1. The molecule has 8 aromatic rings. The first kappa shape index (κ1) is 25.0. The van der Waals surface area contributed by atoms with Gasteiger partial charge in [-0.1, -0.05) is 90.5 Å². The molecule has 6 aromatic carbocycles. The van der Waals surface area contributed by atoms with E-state index in [1.165, 1.54) is 38.6 Å². The molecule has 0 saturated carbocycles. The summed E-state index contributed by atoms with van der Waals surface area (Å²) in [6, 6.07) is 51.1. The van der Waals surface area contributed by atoms with Crippen LogP contribution in [-0.2, 0) is 0 Å². The highest BCUT2D eigenvalue weighted by Crippen LogP contribution is 2.37. The van der Waals surface area contributed by atoms with Crippen molar-refractivity contribution in [3.8, 4) is 50.8 Å². The molecule has 0 amide bonds. The lowest BCUT2D eigenvalue weighted by Gasteiger charge is -2.09. The Bertz CT molecular complexity index is 2110. The highest BCUT2D eigenvalue weighted by atomic mass is 16.4. The molecule has 2 aromatic heterocycles. The van der Waals surface area contributed by atoms with Gasteiger partial charge in [-0.25, -0.2) is 0 Å². The van der Waals surface area contributed by atoms with Crippen molar-refractivity contribution >= 4 is 21.8 Å². The number of hydrogen-bond donors (Lipinski definition) is 0. The van der Waals surface area contributed by atoms with Crippen LogP contribution in [0.25, 0.3) is 72.7 Å². The second-order valence-corrected chi connectivity index (χ2v) is 10.9. The van der Waals surface area contributed by atoms with Crippen molar-refractivity contribution in [2.45, 2.75) is 6.92 Å². The van der Waals surface area contributed by atoms with Gasteiger partial charge in [0.2, 0.25) is 11.8 Å². The Labute approximate surface area is 249 Å². The first-order valence-electron chi connectivity index (χ1n) is 14.4. The number of hydrogen-bond acceptors (Lipinski definition) is 3. The zero-order chi connectivity index (χ0) is 28.8. The van der Waals surface area contributed by atoms with E-state index in [2.05, 4.69) is 143 Å². The maximum absolute atomic E-state index is 6.05. The second-order valence-electron chi connectivity index (χ2n) is 10.9. The lowest BCUT2D eigenvalue weighted by molar-refractivity contribution is 0.584. The minimum absolute atomic E-state index is 0.504. The fourth-order valence-electron chi connectivity index (χ4n) is 5.83. The molecular formula is C39H27N3O. The smallest absolute Gasteiger partial charge is 0.248 e. The predicted molar refractivity (Wildman–Crippen MR) is 175 cm³/mol. The van der Waals surface area contributed by atoms with E-state index in [1.807, 2.05) is 24.3 Å². The molecule has 204 valence electrons. The first-order chi connectivity index (χ1) is 21.2. The molecule has 0 aliphatic carbocycles. The highest BCUT2D eigenvalue weighted by Gasteiger charge is 2.16. The Morgan fingerprint density at radius 1 is 0.442 bits per heavy atom. The lowest BCUT2D eigenvalue weighted by Crippen LogP contribution is -1.94. The molecule has 0 N–H and O–H groups in total. The number of fused-ring (bicyclic) bond motifs is 3. The van der Waals surface area contributed by atoms with E-state index in [9.17, 15) is 0 Å². The lowest BCUT2D eigenvalue weighted by atomic mass is 10.0. The summed E-state index contributed by atoms with van der Waals surface area (Å²) < 4.78 is 8.38. The number of aromatic nitrogens is 3. The molecule has 4 heteroatoms. The van der Waals surface area contributed by atoms with Crippen LogP contribution in [0.4, 0.5) is 0 Å². The molecule has 0 fully saturated rings. The standard InChI is InChI=1S/C39H27N3O/c1-26-12-14-29(15-13-26)38-40-41-39(43-38)30-16-20-33(21-17-30)42-36-22-18-31(27-8-4-2-5-9-27)24-34(36)35-25-32(19-23-37(35)42)28-10-6-3-7-11-28/h2-25H,1H3. The third-order valence-corrected chi connectivity index (χ3v) is 8.08. The minimum Gasteiger partial charge on any atom is -0.416 e. The van der Waals surface area contributed by atoms with Crippen molar-refractivity contribution in [3.63, 3.8) is 0 Å². The fraction of sp³-hybridized carbons (Fsp3) is 0.0256. The van der Waals surface area contributed by atoms with Crippen LogP contribution in [0.1, 0.15) is 5.56 Å². The summed E-state index contributed by atoms with van der Waals surface area (Å²) in [6.07, 6.45) is 0. The van der Waals surface area contributed by atoms with Gasteiger partial charge in [0.15, 0.2) is 0 Å². The van der Waals surface area contributed by atoms with Gasteiger partial charge in [-0.2, -0.15) is 0 Å². The Hall–Kier alpha value is -5.74. The molecule has 0 radical (unpaired) electrons. The summed E-state index contributed by atoms with van der Waals surface area (Å²) in [7, 11) is 0. The Kier molecular flexibility index (Phi) is 5.97. The van der Waals surface area contributed by atoms with E-state index < -0.39 is 0 Å². The average Bonchev–Trinajstić information content (AvgIpc) is 3.69. The molecule has 0 saturated heterocycles. The van der Waals surface area contributed by atoms with E-state index in [0.29, 0.717) is 11.8 Å². The summed E-state index contributed by atoms with van der Waals surface area (Å²) in [6.45, 7) is 2.06. The van der Waals surface area contributed by atoms with Crippen LogP contribution in [0.15, 0.2) is 150 Å². The topological polar surface area (TPSA) is 43.9 Å². The summed E-state index contributed by atoms with van der Waals surface area (Å²) in [5.41, 5.74) is 11.2. The largest absolute Gasteiger partial charge is 0.416 e. The average molecular weight is 554 g/mol. The molecule has 0 spiro atoms. The van der Waals surface area contributed by atoms with Crippen molar-refractivity contribution < 1.29 is 4.42 Å². The number of benzene rings is 6. The molecule has 0 unspecified atom stereocenters. The van der Waals surface area contributed by atoms with Crippen molar-refractivity contribution in [1.82, 2.24) is 14.8 Å². The van der Waals surface area contributed by atoms with Crippen molar-refractivity contribution in [3.05, 3.63) is 151 Å². The van der Waals surface area contributed by atoms with Gasteiger partial charge in [0, 0.05) is 27.6 Å². The van der Waals surface area contributed by atoms with Crippen LogP contribution in [0, 0.1) is 6.92 Å². The molecular weight excluding hydrogens is 526 g/mol. The van der Waals surface area contributed by atoms with Crippen LogP contribution in [0.3, 0.4) is 0 Å². The molecule has 0 aliphatic heterocycles. The molecule has 0 bridgehead atoms. The maximum Gasteiger partial charge on any atom is 0.248 e. The number of aryl methyl sites for hydroxylation is 1. The zero-order valence-electron chi connectivity index (χ0n) is 23.6. The maximum atomic E-state index is 6.05. The summed E-state index contributed by atoms with van der Waals surface area (Å²) >= 11 is 0. The molecule has 0 aliphatic rings.